The highest BCUT2D eigenvalue weighted by Gasteiger charge is 2.10. The number of halogens is 1. The molecule has 0 saturated heterocycles. The van der Waals surface area contributed by atoms with Crippen LogP contribution in [0.4, 0.5) is 4.39 Å². The predicted molar refractivity (Wildman–Crippen MR) is 75.4 cm³/mol. The Balaban J connectivity index is 1.91. The van der Waals surface area contributed by atoms with E-state index in [0.29, 0.717) is 12.1 Å². The van der Waals surface area contributed by atoms with E-state index in [1.165, 1.54) is 10.9 Å². The molecule has 2 aromatic rings. The number of hydrogen-bond acceptors (Lipinski definition) is 2. The third-order valence-corrected chi connectivity index (χ3v) is 3.99. The Hall–Kier alpha value is -1.19. The summed E-state index contributed by atoms with van der Waals surface area (Å²) >= 11 is 1.76. The minimum absolute atomic E-state index is 0.161. The first-order chi connectivity index (χ1) is 8.65. The van der Waals surface area contributed by atoms with Crippen LogP contribution in [0.1, 0.15) is 30.3 Å². The zero-order valence-corrected chi connectivity index (χ0v) is 11.5. The van der Waals surface area contributed by atoms with Gasteiger partial charge in [-0.05, 0) is 49.4 Å². The Labute approximate surface area is 112 Å². The van der Waals surface area contributed by atoms with E-state index in [-0.39, 0.29) is 5.82 Å². The highest BCUT2D eigenvalue weighted by Crippen LogP contribution is 2.19. The first-order valence-corrected chi connectivity index (χ1v) is 7.07. The summed E-state index contributed by atoms with van der Waals surface area (Å²) in [6.45, 7) is 4.29. The first kappa shape index (κ1) is 13.2. The maximum absolute atomic E-state index is 13.1. The van der Waals surface area contributed by atoms with Crippen molar-refractivity contribution in [2.75, 3.05) is 0 Å². The minimum atomic E-state index is -0.161. The Morgan fingerprint density at radius 3 is 2.72 bits per heavy atom. The van der Waals surface area contributed by atoms with Gasteiger partial charge in [-0.15, -0.1) is 11.3 Å². The molecular formula is C15H18FNS. The fraction of sp³-hybridized carbons (Fsp3) is 0.333. The molecule has 0 bridgehead atoms. The average molecular weight is 263 g/mol. The normalized spacial score (nSPS) is 14.4. The second-order valence-electron chi connectivity index (χ2n) is 4.64. The van der Waals surface area contributed by atoms with Crippen LogP contribution < -0.4 is 5.32 Å². The molecule has 1 aromatic carbocycles. The molecule has 0 aliphatic carbocycles. The van der Waals surface area contributed by atoms with Crippen LogP contribution in [-0.2, 0) is 6.42 Å². The van der Waals surface area contributed by atoms with Gasteiger partial charge in [0.2, 0.25) is 0 Å². The average Bonchev–Trinajstić information content (AvgIpc) is 2.81. The van der Waals surface area contributed by atoms with Gasteiger partial charge < -0.3 is 5.32 Å². The summed E-state index contributed by atoms with van der Waals surface area (Å²) in [5.41, 5.74) is 1.04. The highest BCUT2D eigenvalue weighted by atomic mass is 32.1. The van der Waals surface area contributed by atoms with E-state index in [1.807, 2.05) is 6.07 Å². The van der Waals surface area contributed by atoms with E-state index >= 15 is 0 Å². The van der Waals surface area contributed by atoms with Gasteiger partial charge in [0.15, 0.2) is 0 Å². The zero-order chi connectivity index (χ0) is 13.0. The van der Waals surface area contributed by atoms with Gasteiger partial charge in [0.1, 0.15) is 5.82 Å². The Morgan fingerprint density at radius 2 is 2.06 bits per heavy atom. The van der Waals surface area contributed by atoms with Gasteiger partial charge >= 0.3 is 0 Å². The number of nitrogens with one attached hydrogen (secondary N) is 1. The second kappa shape index (κ2) is 6.12. The maximum Gasteiger partial charge on any atom is 0.123 e. The van der Waals surface area contributed by atoms with Crippen LogP contribution in [0.2, 0.25) is 0 Å². The monoisotopic (exact) mass is 263 g/mol. The van der Waals surface area contributed by atoms with Crippen LogP contribution in [0, 0.1) is 5.82 Å². The third kappa shape index (κ3) is 3.65. The van der Waals surface area contributed by atoms with E-state index in [0.717, 1.165) is 12.0 Å². The smallest absolute Gasteiger partial charge is 0.123 e. The molecule has 0 spiro atoms. The van der Waals surface area contributed by atoms with Gasteiger partial charge in [0, 0.05) is 17.0 Å². The van der Waals surface area contributed by atoms with Gasteiger partial charge in [0.25, 0.3) is 0 Å². The molecule has 0 fully saturated rings. The molecule has 3 heteroatoms. The van der Waals surface area contributed by atoms with Gasteiger partial charge in [-0.3, -0.25) is 0 Å². The number of benzene rings is 1. The van der Waals surface area contributed by atoms with Crippen molar-refractivity contribution in [1.29, 1.82) is 0 Å². The van der Waals surface area contributed by atoms with E-state index in [1.54, 1.807) is 23.5 Å². The molecule has 1 heterocycles. The van der Waals surface area contributed by atoms with Gasteiger partial charge in [-0.25, -0.2) is 4.39 Å². The zero-order valence-electron chi connectivity index (χ0n) is 10.7. The molecule has 2 atom stereocenters. The van der Waals surface area contributed by atoms with Crippen molar-refractivity contribution in [2.45, 2.75) is 32.4 Å². The van der Waals surface area contributed by atoms with Crippen LogP contribution in [0.25, 0.3) is 0 Å². The summed E-state index contributed by atoms with van der Waals surface area (Å²) < 4.78 is 13.1. The Bertz CT molecular complexity index is 481. The molecule has 0 radical (unpaired) electrons. The first-order valence-electron chi connectivity index (χ1n) is 6.19. The number of rotatable bonds is 5. The summed E-state index contributed by atoms with van der Waals surface area (Å²) in [5, 5.41) is 5.63. The lowest BCUT2D eigenvalue weighted by Gasteiger charge is -2.19. The second-order valence-corrected chi connectivity index (χ2v) is 5.62. The quantitative estimate of drug-likeness (QED) is 0.853. The molecule has 2 rings (SSSR count). The molecule has 1 nitrogen and oxygen atoms in total. The number of thiophene rings is 1. The van der Waals surface area contributed by atoms with Crippen molar-refractivity contribution < 1.29 is 4.39 Å². The fourth-order valence-corrected chi connectivity index (χ4v) is 2.87. The standard InChI is InChI=1S/C15H18FNS/c1-11(9-13-5-3-6-14(16)10-13)17-12(2)15-7-4-8-18-15/h3-8,10-12,17H,9H2,1-2H3/t11?,12-/m1/s1. The molecule has 1 N–H and O–H groups in total. The highest BCUT2D eigenvalue weighted by molar-refractivity contribution is 7.10. The molecule has 18 heavy (non-hydrogen) atoms. The minimum Gasteiger partial charge on any atom is -0.307 e. The van der Waals surface area contributed by atoms with E-state index in [9.17, 15) is 4.39 Å². The molecule has 1 aromatic heterocycles. The topological polar surface area (TPSA) is 12.0 Å². The van der Waals surface area contributed by atoms with Crippen molar-refractivity contribution in [3.63, 3.8) is 0 Å². The lowest BCUT2D eigenvalue weighted by Crippen LogP contribution is -2.30. The fourth-order valence-electron chi connectivity index (χ4n) is 2.12. The molecule has 0 aliphatic heterocycles. The summed E-state index contributed by atoms with van der Waals surface area (Å²) in [5.74, 6) is -0.161. The molecule has 1 unspecified atom stereocenters. The summed E-state index contributed by atoms with van der Waals surface area (Å²) in [7, 11) is 0. The van der Waals surface area contributed by atoms with Crippen molar-refractivity contribution >= 4 is 11.3 Å². The SMILES string of the molecule is CC(Cc1cccc(F)c1)N[C@H](C)c1cccs1. The summed E-state index contributed by atoms with van der Waals surface area (Å²) in [4.78, 5) is 1.33. The Morgan fingerprint density at radius 1 is 1.22 bits per heavy atom. The predicted octanol–water partition coefficient (Wildman–Crippen LogP) is 4.17. The molecule has 0 saturated carbocycles. The van der Waals surface area contributed by atoms with E-state index < -0.39 is 0 Å². The Kier molecular flexibility index (Phi) is 4.50. The summed E-state index contributed by atoms with van der Waals surface area (Å²) in [6.07, 6.45) is 0.841. The van der Waals surface area contributed by atoms with Crippen LogP contribution in [0.3, 0.4) is 0 Å². The van der Waals surface area contributed by atoms with Crippen molar-refractivity contribution in [1.82, 2.24) is 5.32 Å². The van der Waals surface area contributed by atoms with E-state index in [4.69, 9.17) is 0 Å². The van der Waals surface area contributed by atoms with Crippen LogP contribution in [0.5, 0.6) is 0 Å². The maximum atomic E-state index is 13.1. The van der Waals surface area contributed by atoms with Gasteiger partial charge in [-0.2, -0.15) is 0 Å². The lowest BCUT2D eigenvalue weighted by atomic mass is 10.1. The molecule has 96 valence electrons. The largest absolute Gasteiger partial charge is 0.307 e. The van der Waals surface area contributed by atoms with Gasteiger partial charge in [-0.1, -0.05) is 18.2 Å². The van der Waals surface area contributed by atoms with Crippen molar-refractivity contribution in [3.8, 4) is 0 Å². The molecule has 0 amide bonds. The molecular weight excluding hydrogens is 245 g/mol. The van der Waals surface area contributed by atoms with E-state index in [2.05, 4.69) is 36.7 Å². The third-order valence-electron chi connectivity index (χ3n) is 2.94. The van der Waals surface area contributed by atoms with Crippen LogP contribution in [0.15, 0.2) is 41.8 Å². The van der Waals surface area contributed by atoms with Crippen molar-refractivity contribution in [3.05, 3.63) is 58.0 Å². The van der Waals surface area contributed by atoms with Crippen molar-refractivity contribution in [2.24, 2.45) is 0 Å². The lowest BCUT2D eigenvalue weighted by molar-refractivity contribution is 0.481. The van der Waals surface area contributed by atoms with Gasteiger partial charge in [0.05, 0.1) is 0 Å². The summed E-state index contributed by atoms with van der Waals surface area (Å²) in [6, 6.07) is 11.7. The van der Waals surface area contributed by atoms with Crippen LogP contribution in [-0.4, -0.2) is 6.04 Å². The number of hydrogen-bond donors (Lipinski definition) is 1. The molecule has 0 aliphatic rings. The van der Waals surface area contributed by atoms with Crippen LogP contribution >= 0.6 is 11.3 Å².